The number of rotatable bonds is 5. The molecule has 0 fully saturated rings. The van der Waals surface area contributed by atoms with Gasteiger partial charge >= 0.3 is 0 Å². The first-order valence-electron chi connectivity index (χ1n) is 19.9. The predicted molar refractivity (Wildman–Crippen MR) is 235 cm³/mol. The zero-order valence-electron chi connectivity index (χ0n) is 31.3. The lowest BCUT2D eigenvalue weighted by atomic mass is 9.67. The highest BCUT2D eigenvalue weighted by molar-refractivity contribution is 5.97. The first kappa shape index (κ1) is 32.1. The molecule has 12 rings (SSSR count). The van der Waals surface area contributed by atoms with Crippen molar-refractivity contribution in [1.82, 2.24) is 0 Å². The topological polar surface area (TPSA) is 3.24 Å². The van der Waals surface area contributed by atoms with E-state index in [1.165, 1.54) is 77.9 Å². The fourth-order valence-electron chi connectivity index (χ4n) is 10.8. The zero-order valence-corrected chi connectivity index (χ0v) is 31.3. The van der Waals surface area contributed by atoms with Crippen LogP contribution in [0.4, 0.5) is 17.1 Å². The van der Waals surface area contributed by atoms with Crippen molar-refractivity contribution >= 4 is 17.1 Å². The smallest absolute Gasteiger partial charge is 0.0726 e. The van der Waals surface area contributed by atoms with Crippen molar-refractivity contribution in [2.24, 2.45) is 0 Å². The van der Waals surface area contributed by atoms with E-state index < -0.39 is 10.8 Å². The summed E-state index contributed by atoms with van der Waals surface area (Å²) in [6.07, 6.45) is 0. The van der Waals surface area contributed by atoms with Gasteiger partial charge in [-0.25, -0.2) is 0 Å². The summed E-state index contributed by atoms with van der Waals surface area (Å²) in [7, 11) is 0. The Labute approximate surface area is 333 Å². The van der Waals surface area contributed by atoms with Crippen LogP contribution >= 0.6 is 0 Å². The van der Waals surface area contributed by atoms with Crippen LogP contribution in [0.1, 0.15) is 44.5 Å². The van der Waals surface area contributed by atoms with Gasteiger partial charge in [0.1, 0.15) is 0 Å². The first-order chi connectivity index (χ1) is 28.3. The van der Waals surface area contributed by atoms with E-state index in [0.29, 0.717) is 0 Å². The van der Waals surface area contributed by atoms with E-state index in [0.717, 1.165) is 17.1 Å². The molecule has 9 aromatic rings. The number of hydrogen-bond donors (Lipinski definition) is 0. The minimum atomic E-state index is -0.492. The second-order valence-corrected chi connectivity index (χ2v) is 15.5. The van der Waals surface area contributed by atoms with E-state index in [1.807, 2.05) is 0 Å². The SMILES string of the molecule is c1ccc(N(c2ccc3c(c2)C(c2ccccc2)(c2ccccc2)c2ccccc2-3)c2ccc3c(c2)C2(c4ccccc4-c4ccccc42)c2ccccc2-3)cc1. The van der Waals surface area contributed by atoms with Gasteiger partial charge in [0.15, 0.2) is 0 Å². The fourth-order valence-corrected chi connectivity index (χ4v) is 10.8. The van der Waals surface area contributed by atoms with Crippen LogP contribution in [0.5, 0.6) is 0 Å². The summed E-state index contributed by atoms with van der Waals surface area (Å²) in [6, 6.07) is 83.6. The number of nitrogens with zero attached hydrogens (tertiary/aromatic N) is 1. The number of benzene rings is 9. The molecule has 0 radical (unpaired) electrons. The van der Waals surface area contributed by atoms with Gasteiger partial charge in [0.2, 0.25) is 0 Å². The average molecular weight is 724 g/mol. The fraction of sp³-hybridized carbons (Fsp3) is 0.0357. The Morgan fingerprint density at radius 3 is 0.965 bits per heavy atom. The Hall–Kier alpha value is -7.22. The Balaban J connectivity index is 1.13. The van der Waals surface area contributed by atoms with Gasteiger partial charge in [-0.05, 0) is 114 Å². The minimum absolute atomic E-state index is 0.424. The molecule has 0 unspecified atom stereocenters. The van der Waals surface area contributed by atoms with Crippen molar-refractivity contribution in [3.63, 3.8) is 0 Å². The maximum absolute atomic E-state index is 2.49. The normalized spacial score (nSPS) is 14.2. The summed E-state index contributed by atoms with van der Waals surface area (Å²) >= 11 is 0. The molecule has 0 saturated heterocycles. The molecule has 1 heteroatoms. The maximum atomic E-state index is 2.49. The predicted octanol–water partition coefficient (Wildman–Crippen LogP) is 13.9. The molecule has 0 N–H and O–H groups in total. The Morgan fingerprint density at radius 1 is 0.228 bits per heavy atom. The lowest BCUT2D eigenvalue weighted by Gasteiger charge is -2.35. The number of para-hydroxylation sites is 1. The molecule has 266 valence electrons. The lowest BCUT2D eigenvalue weighted by Crippen LogP contribution is -2.28. The van der Waals surface area contributed by atoms with Gasteiger partial charge in [0, 0.05) is 17.1 Å². The van der Waals surface area contributed by atoms with Crippen LogP contribution < -0.4 is 4.90 Å². The molecule has 3 aliphatic carbocycles. The van der Waals surface area contributed by atoms with E-state index in [2.05, 4.69) is 229 Å². The lowest BCUT2D eigenvalue weighted by molar-refractivity contribution is 0.768. The minimum Gasteiger partial charge on any atom is -0.310 e. The third-order valence-electron chi connectivity index (χ3n) is 13.0. The Kier molecular flexibility index (Phi) is 6.83. The van der Waals surface area contributed by atoms with Crippen LogP contribution in [-0.4, -0.2) is 0 Å². The molecule has 3 aliphatic rings. The van der Waals surface area contributed by atoms with Crippen LogP contribution in [0.2, 0.25) is 0 Å². The molecule has 1 spiro atoms. The highest BCUT2D eigenvalue weighted by atomic mass is 15.1. The quantitative estimate of drug-likeness (QED) is 0.171. The van der Waals surface area contributed by atoms with Crippen molar-refractivity contribution in [3.05, 3.63) is 269 Å². The van der Waals surface area contributed by atoms with Gasteiger partial charge < -0.3 is 4.90 Å². The van der Waals surface area contributed by atoms with E-state index in [-0.39, 0.29) is 0 Å². The molecule has 0 aliphatic heterocycles. The highest BCUT2D eigenvalue weighted by Gasteiger charge is 2.52. The molecule has 1 nitrogen and oxygen atoms in total. The van der Waals surface area contributed by atoms with Gasteiger partial charge in [0.05, 0.1) is 10.8 Å². The monoisotopic (exact) mass is 723 g/mol. The number of fused-ring (bicyclic) bond motifs is 13. The van der Waals surface area contributed by atoms with Crippen LogP contribution in [0.25, 0.3) is 33.4 Å². The van der Waals surface area contributed by atoms with Crippen molar-refractivity contribution in [2.75, 3.05) is 4.90 Å². The molecule has 0 saturated carbocycles. The van der Waals surface area contributed by atoms with Gasteiger partial charge in [-0.2, -0.15) is 0 Å². The second-order valence-electron chi connectivity index (χ2n) is 15.5. The van der Waals surface area contributed by atoms with Gasteiger partial charge in [-0.3, -0.25) is 0 Å². The molecule has 0 atom stereocenters. The largest absolute Gasteiger partial charge is 0.310 e. The van der Waals surface area contributed by atoms with E-state index in [1.54, 1.807) is 0 Å². The molecule has 0 amide bonds. The van der Waals surface area contributed by atoms with E-state index in [9.17, 15) is 0 Å². The summed E-state index contributed by atoms with van der Waals surface area (Å²) in [5, 5.41) is 0. The molecule has 0 aromatic heterocycles. The summed E-state index contributed by atoms with van der Waals surface area (Å²) < 4.78 is 0. The summed E-state index contributed by atoms with van der Waals surface area (Å²) in [5.41, 5.74) is 20.8. The van der Waals surface area contributed by atoms with Crippen LogP contribution in [-0.2, 0) is 10.8 Å². The molecule has 9 aromatic carbocycles. The molecule has 0 bridgehead atoms. The third kappa shape index (κ3) is 4.23. The van der Waals surface area contributed by atoms with Crippen molar-refractivity contribution in [3.8, 4) is 33.4 Å². The molecule has 57 heavy (non-hydrogen) atoms. The Morgan fingerprint density at radius 2 is 0.544 bits per heavy atom. The van der Waals surface area contributed by atoms with Crippen molar-refractivity contribution in [2.45, 2.75) is 10.8 Å². The first-order valence-corrected chi connectivity index (χ1v) is 19.9. The van der Waals surface area contributed by atoms with Gasteiger partial charge in [-0.1, -0.05) is 188 Å². The maximum Gasteiger partial charge on any atom is 0.0726 e. The van der Waals surface area contributed by atoms with Gasteiger partial charge in [-0.15, -0.1) is 0 Å². The van der Waals surface area contributed by atoms with E-state index >= 15 is 0 Å². The summed E-state index contributed by atoms with van der Waals surface area (Å²) in [6.45, 7) is 0. The standard InChI is InChI=1S/C56H37N/c1-4-18-38(19-5-1)55(39-20-6-2-7-21-39)49-28-14-10-26-45(49)47-34-32-41(36-53(47)55)57(40-22-8-3-9-23-40)42-33-35-48-46-27-13-17-31-52(46)56(54(48)37-42)50-29-15-11-24-43(50)44-25-12-16-30-51(44)56/h1-37H. The van der Waals surface area contributed by atoms with Crippen molar-refractivity contribution in [1.29, 1.82) is 0 Å². The van der Waals surface area contributed by atoms with Crippen molar-refractivity contribution < 1.29 is 0 Å². The van der Waals surface area contributed by atoms with E-state index in [4.69, 9.17) is 0 Å². The zero-order chi connectivity index (χ0) is 37.6. The van der Waals surface area contributed by atoms with Crippen LogP contribution in [0.3, 0.4) is 0 Å². The number of anilines is 3. The summed E-state index contributed by atoms with van der Waals surface area (Å²) in [4.78, 5) is 2.47. The average Bonchev–Trinajstić information content (AvgIpc) is 3.87. The summed E-state index contributed by atoms with van der Waals surface area (Å²) in [5.74, 6) is 0. The Bertz CT molecular complexity index is 2810. The van der Waals surface area contributed by atoms with Crippen LogP contribution in [0.15, 0.2) is 224 Å². The number of hydrogen-bond acceptors (Lipinski definition) is 1. The third-order valence-corrected chi connectivity index (χ3v) is 13.0. The highest BCUT2D eigenvalue weighted by Crippen LogP contribution is 2.63. The molecular formula is C56H37N. The second kappa shape index (κ2) is 12.1. The molecular weight excluding hydrogens is 687 g/mol. The van der Waals surface area contributed by atoms with Crippen LogP contribution in [0, 0.1) is 0 Å². The van der Waals surface area contributed by atoms with Gasteiger partial charge in [0.25, 0.3) is 0 Å². The molecule has 0 heterocycles.